The Balaban J connectivity index is 1.63. The van der Waals surface area contributed by atoms with Crippen molar-refractivity contribution in [2.45, 2.75) is 63.6 Å². The summed E-state index contributed by atoms with van der Waals surface area (Å²) in [6.45, 7) is 3.74. The van der Waals surface area contributed by atoms with Crippen LogP contribution in [0, 0.1) is 17.3 Å². The van der Waals surface area contributed by atoms with Gasteiger partial charge >= 0.3 is 0 Å². The molecular formula is C32H44N4O7. The van der Waals surface area contributed by atoms with Crippen molar-refractivity contribution in [3.05, 3.63) is 39.7 Å². The summed E-state index contributed by atoms with van der Waals surface area (Å²) in [5, 5.41) is 45.7. The van der Waals surface area contributed by atoms with Crippen LogP contribution < -0.4 is 10.6 Å². The molecule has 5 rings (SSSR count). The highest BCUT2D eigenvalue weighted by Crippen LogP contribution is 2.54. The number of aromatic hydroxyl groups is 1. The van der Waals surface area contributed by atoms with Crippen LogP contribution in [0.3, 0.4) is 0 Å². The van der Waals surface area contributed by atoms with Gasteiger partial charge in [0.1, 0.15) is 22.8 Å². The van der Waals surface area contributed by atoms with Crippen molar-refractivity contribution < 1.29 is 34.8 Å². The van der Waals surface area contributed by atoms with Crippen LogP contribution in [0.2, 0.25) is 0 Å². The van der Waals surface area contributed by atoms with Gasteiger partial charge in [-0.05, 0) is 81.8 Å². The molecule has 1 amide bonds. The molecule has 0 heterocycles. The summed E-state index contributed by atoms with van der Waals surface area (Å²) >= 11 is 0. The van der Waals surface area contributed by atoms with Crippen LogP contribution in [0.1, 0.15) is 55.7 Å². The number of hydrogen-bond donors (Lipinski definition) is 5. The number of phenols is 1. The van der Waals surface area contributed by atoms with Gasteiger partial charge in [0.25, 0.3) is 5.91 Å². The first-order valence-electron chi connectivity index (χ1n) is 15.0. The van der Waals surface area contributed by atoms with Crippen LogP contribution in [0.5, 0.6) is 5.75 Å². The summed E-state index contributed by atoms with van der Waals surface area (Å²) in [5.74, 6) is -6.50. The maximum Gasteiger partial charge on any atom is 0.255 e. The molecule has 11 nitrogen and oxygen atoms in total. The lowest BCUT2D eigenvalue weighted by atomic mass is 9.57. The molecule has 2 fully saturated rings. The number of nitrogens with two attached hydrogens (primary N) is 1. The van der Waals surface area contributed by atoms with Gasteiger partial charge in [-0.3, -0.25) is 19.3 Å². The smallest absolute Gasteiger partial charge is 0.255 e. The molecule has 6 N–H and O–H groups in total. The molecule has 1 aromatic carbocycles. The van der Waals surface area contributed by atoms with E-state index in [0.29, 0.717) is 17.5 Å². The molecule has 4 aliphatic carbocycles. The molecule has 234 valence electrons. The molecule has 0 spiro atoms. The predicted octanol–water partition coefficient (Wildman–Crippen LogP) is 2.04. The number of rotatable bonds is 8. The van der Waals surface area contributed by atoms with E-state index in [1.807, 2.05) is 19.0 Å². The number of fused-ring (bicyclic) bond motifs is 3. The SMILES string of the molecule is CCC1(CN(C)Cc2cc(O)c3c(c2N(C)C)C[C@H]2C[C@H]4[C@H](N(C)C)C(=O)C(C(N)=O)=C(O)[C@@]4(O)C(=O)C2=C3O)CCC1. The number of nitrogens with zero attached hydrogens (tertiary/aromatic N) is 3. The lowest BCUT2D eigenvalue weighted by Gasteiger charge is -2.50. The Hall–Kier alpha value is -3.41. The number of Topliss-reactive ketones (excluding diaryl/α,β-unsaturated/α-hetero) is 2. The van der Waals surface area contributed by atoms with Crippen LogP contribution in [0.15, 0.2) is 23.0 Å². The molecule has 2 saturated carbocycles. The minimum Gasteiger partial charge on any atom is -0.508 e. The van der Waals surface area contributed by atoms with Crippen LogP contribution >= 0.6 is 0 Å². The molecule has 0 aliphatic heterocycles. The molecule has 4 atom stereocenters. The van der Waals surface area contributed by atoms with E-state index in [1.54, 1.807) is 20.2 Å². The van der Waals surface area contributed by atoms with Crippen molar-refractivity contribution in [3.63, 3.8) is 0 Å². The van der Waals surface area contributed by atoms with E-state index < -0.39 is 58.0 Å². The number of amides is 1. The van der Waals surface area contributed by atoms with E-state index in [-0.39, 0.29) is 29.7 Å². The van der Waals surface area contributed by atoms with Crippen LogP contribution in [0.25, 0.3) is 5.76 Å². The number of phenolic OH excluding ortho intramolecular Hbond substituents is 1. The van der Waals surface area contributed by atoms with Crippen molar-refractivity contribution in [1.82, 2.24) is 9.80 Å². The number of benzene rings is 1. The first kappa shape index (κ1) is 31.0. The highest BCUT2D eigenvalue weighted by atomic mass is 16.3. The van der Waals surface area contributed by atoms with Crippen molar-refractivity contribution in [2.24, 2.45) is 23.0 Å². The number of aliphatic hydroxyl groups excluding tert-OH is 2. The van der Waals surface area contributed by atoms with E-state index in [2.05, 4.69) is 18.9 Å². The Morgan fingerprint density at radius 1 is 1.09 bits per heavy atom. The Bertz CT molecular complexity index is 1450. The molecule has 0 aromatic heterocycles. The third-order valence-corrected chi connectivity index (χ3v) is 10.4. The summed E-state index contributed by atoms with van der Waals surface area (Å²) in [6.07, 6.45) is 5.08. The quantitative estimate of drug-likeness (QED) is 0.280. The molecule has 0 unspecified atom stereocenters. The zero-order valence-electron chi connectivity index (χ0n) is 25.9. The maximum atomic E-state index is 14.1. The summed E-state index contributed by atoms with van der Waals surface area (Å²) < 4.78 is 0. The lowest BCUT2D eigenvalue weighted by Crippen LogP contribution is -2.65. The van der Waals surface area contributed by atoms with Gasteiger partial charge in [0.15, 0.2) is 11.4 Å². The summed E-state index contributed by atoms with van der Waals surface area (Å²) in [6, 6.07) is 0.507. The molecule has 0 saturated heterocycles. The average molecular weight is 597 g/mol. The van der Waals surface area contributed by atoms with Crippen molar-refractivity contribution >= 4 is 28.9 Å². The second-order valence-electron chi connectivity index (χ2n) is 13.5. The molecule has 11 heteroatoms. The van der Waals surface area contributed by atoms with E-state index in [0.717, 1.165) is 24.2 Å². The Morgan fingerprint density at radius 3 is 2.26 bits per heavy atom. The Labute approximate surface area is 252 Å². The second-order valence-corrected chi connectivity index (χ2v) is 13.5. The fourth-order valence-corrected chi connectivity index (χ4v) is 8.26. The number of aliphatic hydroxyl groups is 3. The van der Waals surface area contributed by atoms with Gasteiger partial charge in [0.05, 0.1) is 11.6 Å². The first-order chi connectivity index (χ1) is 20.1. The Kier molecular flexibility index (Phi) is 7.68. The number of hydrogen-bond acceptors (Lipinski definition) is 10. The minimum absolute atomic E-state index is 0.0581. The zero-order valence-corrected chi connectivity index (χ0v) is 25.9. The zero-order chi connectivity index (χ0) is 31.8. The molecule has 1 aromatic rings. The first-order valence-corrected chi connectivity index (χ1v) is 15.0. The third-order valence-electron chi connectivity index (χ3n) is 10.4. The Morgan fingerprint density at radius 2 is 1.74 bits per heavy atom. The van der Waals surface area contributed by atoms with Gasteiger partial charge in [0.2, 0.25) is 5.78 Å². The third kappa shape index (κ3) is 4.55. The van der Waals surface area contributed by atoms with Crippen molar-refractivity contribution in [1.29, 1.82) is 0 Å². The van der Waals surface area contributed by atoms with Crippen LogP contribution in [0.4, 0.5) is 5.69 Å². The van der Waals surface area contributed by atoms with E-state index in [9.17, 15) is 34.8 Å². The number of likely N-dealkylation sites (N-methyl/N-ethyl adjacent to an activating group) is 1. The minimum atomic E-state index is -2.65. The number of anilines is 1. The normalized spacial score (nSPS) is 28.1. The molecular weight excluding hydrogens is 552 g/mol. The lowest BCUT2D eigenvalue weighted by molar-refractivity contribution is -0.153. The number of ketones is 2. The van der Waals surface area contributed by atoms with Crippen LogP contribution in [-0.2, 0) is 27.3 Å². The van der Waals surface area contributed by atoms with E-state index in [1.165, 1.54) is 24.2 Å². The monoisotopic (exact) mass is 596 g/mol. The molecule has 0 bridgehead atoms. The fraction of sp³-hybridized carbons (Fsp3) is 0.594. The van der Waals surface area contributed by atoms with Gasteiger partial charge in [-0.15, -0.1) is 0 Å². The van der Waals surface area contributed by atoms with Gasteiger partial charge in [-0.2, -0.15) is 0 Å². The van der Waals surface area contributed by atoms with Gasteiger partial charge < -0.3 is 36.0 Å². The van der Waals surface area contributed by atoms with Crippen LogP contribution in [-0.4, -0.2) is 101 Å². The highest BCUT2D eigenvalue weighted by Gasteiger charge is 2.64. The fourth-order valence-electron chi connectivity index (χ4n) is 8.26. The maximum absolute atomic E-state index is 14.1. The molecule has 0 radical (unpaired) electrons. The van der Waals surface area contributed by atoms with Gasteiger partial charge in [-0.1, -0.05) is 13.3 Å². The summed E-state index contributed by atoms with van der Waals surface area (Å²) in [4.78, 5) is 45.3. The number of primary amides is 1. The largest absolute Gasteiger partial charge is 0.508 e. The second kappa shape index (κ2) is 10.6. The van der Waals surface area contributed by atoms with Gasteiger partial charge in [-0.25, -0.2) is 0 Å². The average Bonchev–Trinajstić information content (AvgIpc) is 2.87. The van der Waals surface area contributed by atoms with Gasteiger partial charge in [0, 0.05) is 44.4 Å². The van der Waals surface area contributed by atoms with E-state index in [4.69, 9.17) is 5.73 Å². The summed E-state index contributed by atoms with van der Waals surface area (Å²) in [5.41, 5.74) is 4.60. The number of carbonyl (C=O) groups is 3. The van der Waals surface area contributed by atoms with E-state index >= 15 is 0 Å². The van der Waals surface area contributed by atoms with Crippen molar-refractivity contribution in [2.75, 3.05) is 46.7 Å². The summed E-state index contributed by atoms with van der Waals surface area (Å²) in [7, 11) is 9.04. The number of carbonyl (C=O) groups excluding carboxylic acids is 3. The molecule has 4 aliphatic rings. The molecule has 43 heavy (non-hydrogen) atoms. The standard InChI is InChI=1S/C32H44N4O7/c1-7-31(9-8-10-31)15-36(6)14-17-13-20(37)22-18(24(17)34(2)3)11-16-12-19-25(35(4)5)27(39)23(30(33)42)29(41)32(19,43)28(40)21(16)26(22)38/h13,16,19,25,37-38,41,43H,7-12,14-15H2,1-6H3,(H2,33,42)/t16-,19-,25-,32-/m0/s1. The van der Waals surface area contributed by atoms with Crippen molar-refractivity contribution in [3.8, 4) is 5.75 Å². The predicted molar refractivity (Wildman–Crippen MR) is 161 cm³/mol. The highest BCUT2D eigenvalue weighted by molar-refractivity contribution is 6.24. The topological polar surface area (TPSA) is 168 Å².